The summed E-state index contributed by atoms with van der Waals surface area (Å²) in [5.41, 5.74) is 1.03. The first-order valence-electron chi connectivity index (χ1n) is 11.7. The molecule has 2 heterocycles. The Balaban J connectivity index is 0.000000314. The molecule has 3 heteroatoms. The zero-order valence-electron chi connectivity index (χ0n) is 17.1. The van der Waals surface area contributed by atoms with Gasteiger partial charge in [0.25, 0.3) is 0 Å². The molecule has 4 aliphatic rings. The van der Waals surface area contributed by atoms with Gasteiger partial charge in [-0.1, -0.05) is 58.8 Å². The fourth-order valence-electron chi connectivity index (χ4n) is 5.60. The lowest BCUT2D eigenvalue weighted by molar-refractivity contribution is 0.337. The van der Waals surface area contributed by atoms with Crippen LogP contribution in [0.5, 0.6) is 0 Å². The van der Waals surface area contributed by atoms with E-state index in [1.807, 2.05) is 0 Å². The Labute approximate surface area is 159 Å². The minimum atomic E-state index is 0.0123. The predicted octanol–water partition coefficient (Wildman–Crippen LogP) is 6.94. The normalized spacial score (nSPS) is 31.8. The van der Waals surface area contributed by atoms with Gasteiger partial charge in [0.2, 0.25) is 0 Å². The minimum absolute atomic E-state index is 0.0123. The van der Waals surface area contributed by atoms with Crippen molar-refractivity contribution in [3.8, 4) is 0 Å². The van der Waals surface area contributed by atoms with Crippen LogP contribution in [0.2, 0.25) is 0 Å². The molecule has 0 spiro atoms. The predicted molar refractivity (Wildman–Crippen MR) is 112 cm³/mol. The highest BCUT2D eigenvalue weighted by atomic mass is 31.1. The number of rotatable bonds is 5. The fraction of sp³-hybridized carbons (Fsp3) is 1.00. The molecule has 4 rings (SSSR count). The molecule has 0 bridgehead atoms. The highest BCUT2D eigenvalue weighted by Gasteiger charge is 2.42. The van der Waals surface area contributed by atoms with E-state index in [1.165, 1.54) is 109 Å². The van der Waals surface area contributed by atoms with Crippen LogP contribution < -0.4 is 0 Å². The van der Waals surface area contributed by atoms with Crippen molar-refractivity contribution in [2.45, 2.75) is 128 Å². The first kappa shape index (κ1) is 20.1. The van der Waals surface area contributed by atoms with Crippen molar-refractivity contribution >= 4 is 8.22 Å². The molecule has 0 unspecified atom stereocenters. The maximum atomic E-state index is 3.00. The van der Waals surface area contributed by atoms with Crippen molar-refractivity contribution < 1.29 is 0 Å². The molecule has 0 amide bonds. The highest BCUT2D eigenvalue weighted by Crippen LogP contribution is 2.59. The molecule has 2 nitrogen and oxygen atoms in total. The summed E-state index contributed by atoms with van der Waals surface area (Å²) in [5.74, 6) is 0. The number of hydrogen-bond acceptors (Lipinski definition) is 2. The van der Waals surface area contributed by atoms with E-state index < -0.39 is 0 Å². The molecule has 0 radical (unpaired) electrons. The molecular weight excluding hydrogens is 323 g/mol. The summed E-state index contributed by atoms with van der Waals surface area (Å²) >= 11 is 0. The summed E-state index contributed by atoms with van der Waals surface area (Å²) in [5, 5.41) is 0. The van der Waals surface area contributed by atoms with E-state index in [0.29, 0.717) is 0 Å². The third-order valence-electron chi connectivity index (χ3n) is 7.06. The summed E-state index contributed by atoms with van der Waals surface area (Å²) in [7, 11) is 0.0123. The van der Waals surface area contributed by atoms with Crippen molar-refractivity contribution in [2.75, 3.05) is 13.1 Å². The van der Waals surface area contributed by atoms with Crippen LogP contribution in [0.25, 0.3) is 0 Å². The average molecular weight is 367 g/mol. The van der Waals surface area contributed by atoms with E-state index in [2.05, 4.69) is 23.2 Å². The van der Waals surface area contributed by atoms with Gasteiger partial charge >= 0.3 is 0 Å². The van der Waals surface area contributed by atoms with Crippen LogP contribution in [0, 0.1) is 0 Å². The molecule has 25 heavy (non-hydrogen) atoms. The molecule has 146 valence electrons. The van der Waals surface area contributed by atoms with E-state index in [1.54, 1.807) is 0 Å². The second kappa shape index (κ2) is 10.6. The van der Waals surface area contributed by atoms with E-state index >= 15 is 0 Å². The van der Waals surface area contributed by atoms with Crippen molar-refractivity contribution in [3.63, 3.8) is 0 Å². The van der Waals surface area contributed by atoms with E-state index in [9.17, 15) is 0 Å². The topological polar surface area (TPSA) is 6.48 Å². The van der Waals surface area contributed by atoms with Gasteiger partial charge in [-0.2, -0.15) is 0 Å². The van der Waals surface area contributed by atoms with Gasteiger partial charge in [-0.3, -0.25) is 9.34 Å². The van der Waals surface area contributed by atoms with Crippen molar-refractivity contribution in [3.05, 3.63) is 0 Å². The second-order valence-corrected chi connectivity index (χ2v) is 11.2. The van der Waals surface area contributed by atoms with E-state index in [-0.39, 0.29) is 8.22 Å². The Morgan fingerprint density at radius 1 is 0.600 bits per heavy atom. The van der Waals surface area contributed by atoms with Crippen LogP contribution in [0.15, 0.2) is 0 Å². The monoisotopic (exact) mass is 366 g/mol. The Hall–Kier alpha value is 0.350. The van der Waals surface area contributed by atoms with Crippen LogP contribution in [0.1, 0.15) is 110 Å². The van der Waals surface area contributed by atoms with Crippen molar-refractivity contribution in [2.24, 2.45) is 0 Å². The SMILES string of the molecule is C1CCCC1.CC[C@H]1CCCN1P(C1CCCC1)N1CCC[C@@H]1CC. The standard InChI is InChI=1S/C17H33N2P.C5H10/c1-3-15-9-7-13-18(15)20(17-11-5-6-12-17)19-14-8-10-16(19)4-2;1-2-4-5-3-1/h15-17H,3-14H2,1-2H3;1-5H2/t15-,16-;/m0./s1. The molecule has 2 atom stereocenters. The van der Waals surface area contributed by atoms with Crippen molar-refractivity contribution in [1.82, 2.24) is 9.34 Å². The van der Waals surface area contributed by atoms with Crippen molar-refractivity contribution in [1.29, 1.82) is 0 Å². The maximum Gasteiger partial charge on any atom is 0.0432 e. The smallest absolute Gasteiger partial charge is 0.0432 e. The quantitative estimate of drug-likeness (QED) is 0.486. The summed E-state index contributed by atoms with van der Waals surface area (Å²) in [6.07, 6.45) is 22.1. The summed E-state index contributed by atoms with van der Waals surface area (Å²) in [6.45, 7) is 7.61. The fourth-order valence-corrected chi connectivity index (χ4v) is 9.48. The first-order chi connectivity index (χ1) is 12.3. The third-order valence-corrected chi connectivity index (χ3v) is 10.3. The second-order valence-electron chi connectivity index (χ2n) is 8.76. The Kier molecular flexibility index (Phi) is 8.54. The molecule has 0 N–H and O–H groups in total. The molecule has 2 saturated heterocycles. The van der Waals surface area contributed by atoms with Crippen LogP contribution in [-0.4, -0.2) is 40.2 Å². The zero-order valence-corrected chi connectivity index (χ0v) is 18.0. The van der Waals surface area contributed by atoms with Crippen LogP contribution in [0.3, 0.4) is 0 Å². The van der Waals surface area contributed by atoms with Gasteiger partial charge in [-0.25, -0.2) is 0 Å². The van der Waals surface area contributed by atoms with Crippen LogP contribution in [0.4, 0.5) is 0 Å². The van der Waals surface area contributed by atoms with Gasteiger partial charge in [-0.15, -0.1) is 0 Å². The van der Waals surface area contributed by atoms with Crippen LogP contribution in [-0.2, 0) is 0 Å². The summed E-state index contributed by atoms with van der Waals surface area (Å²) in [6, 6.07) is 1.81. The number of nitrogens with zero attached hydrogens (tertiary/aromatic N) is 2. The molecule has 2 saturated carbocycles. The van der Waals surface area contributed by atoms with Gasteiger partial charge in [0.15, 0.2) is 0 Å². The lowest BCUT2D eigenvalue weighted by Gasteiger charge is -2.44. The highest BCUT2D eigenvalue weighted by molar-refractivity contribution is 7.53. The summed E-state index contributed by atoms with van der Waals surface area (Å²) in [4.78, 5) is 0. The van der Waals surface area contributed by atoms with Gasteiger partial charge < -0.3 is 0 Å². The van der Waals surface area contributed by atoms with Gasteiger partial charge in [0.1, 0.15) is 0 Å². The lowest BCUT2D eigenvalue weighted by atomic mass is 10.2. The Morgan fingerprint density at radius 2 is 1.04 bits per heavy atom. The molecule has 2 aliphatic heterocycles. The molecule has 4 fully saturated rings. The third kappa shape index (κ3) is 5.20. The molecule has 2 aliphatic carbocycles. The molecule has 0 aromatic rings. The molecule has 0 aromatic carbocycles. The van der Waals surface area contributed by atoms with Gasteiger partial charge in [-0.05, 0) is 51.4 Å². The average Bonchev–Trinajstić information content (AvgIpc) is 3.44. The van der Waals surface area contributed by atoms with E-state index in [0.717, 1.165) is 17.7 Å². The number of hydrogen-bond donors (Lipinski definition) is 0. The maximum absolute atomic E-state index is 3.00. The molecular formula is C22H43N2P. The zero-order chi connectivity index (χ0) is 17.5. The van der Waals surface area contributed by atoms with Gasteiger partial charge in [0.05, 0.1) is 0 Å². The first-order valence-corrected chi connectivity index (χ1v) is 13.0. The van der Waals surface area contributed by atoms with E-state index in [4.69, 9.17) is 0 Å². The Morgan fingerprint density at radius 3 is 1.44 bits per heavy atom. The largest absolute Gasteiger partial charge is 0.267 e. The lowest BCUT2D eigenvalue weighted by Crippen LogP contribution is -2.38. The molecule has 0 aromatic heterocycles. The summed E-state index contributed by atoms with van der Waals surface area (Å²) < 4.78 is 6.00. The minimum Gasteiger partial charge on any atom is -0.267 e. The van der Waals surface area contributed by atoms with Gasteiger partial charge in [0, 0.05) is 39.1 Å². The Bertz CT molecular complexity index is 335. The van der Waals surface area contributed by atoms with Crippen LogP contribution >= 0.6 is 8.22 Å².